The van der Waals surface area contributed by atoms with Crippen LogP contribution >= 0.6 is 0 Å². The van der Waals surface area contributed by atoms with E-state index in [4.69, 9.17) is 0 Å². The molecule has 1 rings (SSSR count). The Hall–Kier alpha value is -1.89. The molecule has 1 heterocycles. The number of H-pyrrole nitrogens is 1. The first-order valence-corrected chi connectivity index (χ1v) is 6.66. The van der Waals surface area contributed by atoms with E-state index in [1.165, 1.54) is 0 Å². The zero-order chi connectivity index (χ0) is 15.3. The van der Waals surface area contributed by atoms with Crippen molar-refractivity contribution in [3.8, 4) is 0 Å². The zero-order valence-corrected chi connectivity index (χ0v) is 12.3. The molecule has 0 aliphatic rings. The van der Waals surface area contributed by atoms with E-state index in [0.29, 0.717) is 24.2 Å². The van der Waals surface area contributed by atoms with Crippen LogP contribution in [0.25, 0.3) is 0 Å². The van der Waals surface area contributed by atoms with E-state index >= 15 is 0 Å². The number of carboxylic acid groups (broad SMARTS) is 1. The Balaban J connectivity index is 2.66. The molecule has 0 saturated carbocycles. The third-order valence-corrected chi connectivity index (χ3v) is 3.60. The number of nitrogens with one attached hydrogen (secondary N) is 3. The number of aliphatic carboxylic acids is 1. The van der Waals surface area contributed by atoms with Gasteiger partial charge < -0.3 is 10.4 Å². The molecule has 112 valence electrons. The molecule has 0 aromatic carbocycles. The molecule has 0 atom stereocenters. The lowest BCUT2D eigenvalue weighted by Crippen LogP contribution is -2.53. The lowest BCUT2D eigenvalue weighted by Gasteiger charge is -2.27. The quantitative estimate of drug-likeness (QED) is 0.601. The Bertz CT molecular complexity index is 472. The number of hydrogen-bond acceptors (Lipinski definition) is 4. The van der Waals surface area contributed by atoms with E-state index in [9.17, 15) is 14.7 Å². The van der Waals surface area contributed by atoms with Crippen LogP contribution in [0.3, 0.4) is 0 Å². The van der Waals surface area contributed by atoms with Gasteiger partial charge in [-0.1, -0.05) is 13.8 Å². The summed E-state index contributed by atoms with van der Waals surface area (Å²) >= 11 is 0. The van der Waals surface area contributed by atoms with E-state index in [0.717, 1.165) is 5.69 Å². The minimum absolute atomic E-state index is 0.0575. The maximum Gasteiger partial charge on any atom is 0.323 e. The molecule has 20 heavy (non-hydrogen) atoms. The highest BCUT2D eigenvalue weighted by Gasteiger charge is 2.34. The van der Waals surface area contributed by atoms with Crippen molar-refractivity contribution >= 4 is 17.6 Å². The summed E-state index contributed by atoms with van der Waals surface area (Å²) in [6.45, 7) is 7.10. The Morgan fingerprint density at radius 3 is 2.30 bits per heavy atom. The molecule has 0 saturated heterocycles. The van der Waals surface area contributed by atoms with Gasteiger partial charge in [0, 0.05) is 0 Å². The van der Waals surface area contributed by atoms with E-state index in [1.807, 2.05) is 6.92 Å². The van der Waals surface area contributed by atoms with Crippen LogP contribution < -0.4 is 10.6 Å². The normalized spacial score (nSPS) is 11.4. The van der Waals surface area contributed by atoms with Crippen LogP contribution in [0.5, 0.6) is 0 Å². The minimum Gasteiger partial charge on any atom is -0.480 e. The predicted octanol–water partition coefficient (Wildman–Crippen LogP) is 1.20. The lowest BCUT2D eigenvalue weighted by atomic mass is 9.93. The fourth-order valence-electron chi connectivity index (χ4n) is 2.05. The van der Waals surface area contributed by atoms with Gasteiger partial charge in [-0.15, -0.1) is 0 Å². The second kappa shape index (κ2) is 6.51. The number of carbonyl (C=O) groups is 2. The van der Waals surface area contributed by atoms with Gasteiger partial charge in [0.25, 0.3) is 0 Å². The number of anilines is 1. The highest BCUT2D eigenvalue weighted by Crippen LogP contribution is 2.17. The van der Waals surface area contributed by atoms with Crippen LogP contribution in [-0.4, -0.2) is 39.3 Å². The number of nitrogens with zero attached hydrogens (tertiary/aromatic N) is 1. The molecule has 1 aromatic heterocycles. The molecule has 7 nitrogen and oxygen atoms in total. The second-order valence-corrected chi connectivity index (χ2v) is 4.81. The summed E-state index contributed by atoms with van der Waals surface area (Å²) < 4.78 is 0. The molecular formula is C13H22N4O3. The summed E-state index contributed by atoms with van der Waals surface area (Å²) in [5.41, 5.74) is 1.06. The van der Waals surface area contributed by atoms with E-state index in [-0.39, 0.29) is 12.5 Å². The summed E-state index contributed by atoms with van der Waals surface area (Å²) in [7, 11) is 0. The summed E-state index contributed by atoms with van der Waals surface area (Å²) in [4.78, 5) is 23.2. The number of rotatable bonds is 7. The first-order valence-electron chi connectivity index (χ1n) is 6.66. The van der Waals surface area contributed by atoms with Crippen LogP contribution in [0.1, 0.15) is 38.1 Å². The number of hydrogen-bond donors (Lipinski definition) is 4. The van der Waals surface area contributed by atoms with E-state index in [1.54, 1.807) is 20.8 Å². The second-order valence-electron chi connectivity index (χ2n) is 4.81. The van der Waals surface area contributed by atoms with Crippen LogP contribution in [-0.2, 0) is 9.59 Å². The van der Waals surface area contributed by atoms with Crippen LogP contribution in [0.2, 0.25) is 0 Å². The van der Waals surface area contributed by atoms with Crippen molar-refractivity contribution < 1.29 is 14.7 Å². The van der Waals surface area contributed by atoms with Gasteiger partial charge in [-0.2, -0.15) is 5.10 Å². The first-order chi connectivity index (χ1) is 9.36. The molecule has 0 radical (unpaired) electrons. The molecular weight excluding hydrogens is 260 g/mol. The van der Waals surface area contributed by atoms with Gasteiger partial charge in [-0.3, -0.25) is 20.0 Å². The van der Waals surface area contributed by atoms with Crippen LogP contribution in [0, 0.1) is 13.8 Å². The van der Waals surface area contributed by atoms with Gasteiger partial charge in [0.15, 0.2) is 0 Å². The molecule has 0 spiro atoms. The third-order valence-electron chi connectivity index (χ3n) is 3.60. The van der Waals surface area contributed by atoms with Crippen molar-refractivity contribution in [1.82, 2.24) is 15.5 Å². The van der Waals surface area contributed by atoms with Gasteiger partial charge in [-0.05, 0) is 26.7 Å². The third kappa shape index (κ3) is 3.36. The molecule has 4 N–H and O–H groups in total. The SMILES string of the molecule is CCC(CC)(NCC(=O)Nc1c(C)n[nH]c1C)C(=O)O. The first kappa shape index (κ1) is 16.2. The average Bonchev–Trinajstić information content (AvgIpc) is 2.72. The highest BCUT2D eigenvalue weighted by atomic mass is 16.4. The topological polar surface area (TPSA) is 107 Å². The summed E-state index contributed by atoms with van der Waals surface area (Å²) in [6.07, 6.45) is 0.825. The van der Waals surface area contributed by atoms with Gasteiger partial charge in [0.05, 0.1) is 23.6 Å². The van der Waals surface area contributed by atoms with Gasteiger partial charge >= 0.3 is 5.97 Å². The highest BCUT2D eigenvalue weighted by molar-refractivity contribution is 5.93. The molecule has 1 amide bonds. The minimum atomic E-state index is -1.06. The number of amides is 1. The van der Waals surface area contributed by atoms with Crippen LogP contribution in [0.4, 0.5) is 5.69 Å². The van der Waals surface area contributed by atoms with Gasteiger partial charge in [0.1, 0.15) is 5.54 Å². The number of carboxylic acids is 1. The zero-order valence-electron chi connectivity index (χ0n) is 12.3. The Kier molecular flexibility index (Phi) is 5.26. The smallest absolute Gasteiger partial charge is 0.323 e. The Morgan fingerprint density at radius 1 is 1.30 bits per heavy atom. The van der Waals surface area contributed by atoms with Crippen molar-refractivity contribution in [2.24, 2.45) is 0 Å². The molecule has 0 fully saturated rings. The molecule has 1 aromatic rings. The number of aromatic nitrogens is 2. The maximum atomic E-state index is 11.9. The van der Waals surface area contributed by atoms with E-state index in [2.05, 4.69) is 20.8 Å². The van der Waals surface area contributed by atoms with Gasteiger partial charge in [-0.25, -0.2) is 0 Å². The Labute approximate surface area is 118 Å². The average molecular weight is 282 g/mol. The molecule has 0 aliphatic heterocycles. The standard InChI is InChI=1S/C13H22N4O3/c1-5-13(6-2,12(19)20)14-7-10(18)15-11-8(3)16-17-9(11)4/h14H,5-7H2,1-4H3,(H,15,18)(H,16,17)(H,19,20). The van der Waals surface area contributed by atoms with Crippen molar-refractivity contribution in [3.63, 3.8) is 0 Å². The monoisotopic (exact) mass is 282 g/mol. The fraction of sp³-hybridized carbons (Fsp3) is 0.615. The summed E-state index contributed by atoms with van der Waals surface area (Å²) in [6, 6.07) is 0. The maximum absolute atomic E-state index is 11.9. The largest absolute Gasteiger partial charge is 0.480 e. The number of aromatic amines is 1. The predicted molar refractivity (Wildman–Crippen MR) is 75.6 cm³/mol. The van der Waals surface area contributed by atoms with E-state index < -0.39 is 11.5 Å². The van der Waals surface area contributed by atoms with Crippen molar-refractivity contribution in [2.75, 3.05) is 11.9 Å². The van der Waals surface area contributed by atoms with Crippen LogP contribution in [0.15, 0.2) is 0 Å². The van der Waals surface area contributed by atoms with Crippen molar-refractivity contribution in [2.45, 2.75) is 46.1 Å². The fourth-order valence-corrected chi connectivity index (χ4v) is 2.05. The molecule has 7 heteroatoms. The lowest BCUT2D eigenvalue weighted by molar-refractivity contribution is -0.145. The van der Waals surface area contributed by atoms with Gasteiger partial charge in [0.2, 0.25) is 5.91 Å². The number of carbonyl (C=O) groups excluding carboxylic acids is 1. The summed E-state index contributed by atoms with van der Waals surface area (Å²) in [5, 5.41) is 21.6. The molecule has 0 aliphatic carbocycles. The molecule has 0 unspecified atom stereocenters. The van der Waals surface area contributed by atoms with Crippen molar-refractivity contribution in [3.05, 3.63) is 11.4 Å². The Morgan fingerprint density at radius 2 is 1.90 bits per heavy atom. The van der Waals surface area contributed by atoms with Crippen molar-refractivity contribution in [1.29, 1.82) is 0 Å². The number of aryl methyl sites for hydroxylation is 2. The summed E-state index contributed by atoms with van der Waals surface area (Å²) in [5.74, 6) is -1.23. The molecule has 0 bridgehead atoms.